The van der Waals surface area contributed by atoms with Gasteiger partial charge in [0.1, 0.15) is 12.1 Å². The number of nitrogens with zero attached hydrogens (tertiary/aromatic N) is 4. The SMILES string of the molecule is COc1cc(/C=C2\SC(=Nc3ccccc3)N(C(CCCN=C(N)N)C(=O)N3CSC[C@H]3C(N)=O)C2=O)cc(OC)c1O. The summed E-state index contributed by atoms with van der Waals surface area (Å²) in [5.41, 5.74) is 17.7. The molecule has 2 heterocycles. The van der Waals surface area contributed by atoms with Crippen LogP contribution in [0, 0.1) is 0 Å². The molecule has 2 atom stereocenters. The number of hydrogen-bond donors (Lipinski definition) is 4. The number of aliphatic imine (C=N–C) groups is 2. The third-order valence-electron chi connectivity index (χ3n) is 6.64. The average Bonchev–Trinajstić information content (AvgIpc) is 3.59. The van der Waals surface area contributed by atoms with Crippen LogP contribution in [0.3, 0.4) is 0 Å². The number of hydrogen-bond acceptors (Lipinski definition) is 10. The lowest BCUT2D eigenvalue weighted by Crippen LogP contribution is -2.54. The molecule has 0 radical (unpaired) electrons. The third kappa shape index (κ3) is 7.35. The van der Waals surface area contributed by atoms with Crippen molar-refractivity contribution in [1.82, 2.24) is 9.80 Å². The Balaban J connectivity index is 1.79. The highest BCUT2D eigenvalue weighted by Crippen LogP contribution is 2.41. The second-order valence-electron chi connectivity index (χ2n) is 9.48. The lowest BCUT2D eigenvalue weighted by molar-refractivity contribution is -0.143. The van der Waals surface area contributed by atoms with E-state index in [0.29, 0.717) is 23.4 Å². The lowest BCUT2D eigenvalue weighted by atomic mass is 10.1. The summed E-state index contributed by atoms with van der Waals surface area (Å²) in [6, 6.07) is 10.3. The number of guanidine groups is 1. The first-order chi connectivity index (χ1) is 20.6. The zero-order valence-corrected chi connectivity index (χ0v) is 25.3. The smallest absolute Gasteiger partial charge is 0.267 e. The molecule has 0 saturated carbocycles. The van der Waals surface area contributed by atoms with Crippen LogP contribution >= 0.6 is 23.5 Å². The first-order valence-corrected chi connectivity index (χ1v) is 15.2. The molecule has 7 N–H and O–H groups in total. The van der Waals surface area contributed by atoms with Crippen molar-refractivity contribution in [2.75, 3.05) is 32.4 Å². The topological polar surface area (TPSA) is 199 Å². The van der Waals surface area contributed by atoms with Crippen LogP contribution in [-0.4, -0.2) is 88.2 Å². The van der Waals surface area contributed by atoms with E-state index in [9.17, 15) is 19.5 Å². The number of methoxy groups -OCH3 is 2. The number of nitrogens with two attached hydrogens (primary N) is 3. The number of amides is 3. The fourth-order valence-corrected chi connectivity index (χ4v) is 6.76. The second-order valence-corrected chi connectivity index (χ2v) is 11.5. The Labute approximate surface area is 257 Å². The van der Waals surface area contributed by atoms with Gasteiger partial charge in [0.15, 0.2) is 22.6 Å². The van der Waals surface area contributed by atoms with Crippen molar-refractivity contribution in [2.45, 2.75) is 24.9 Å². The van der Waals surface area contributed by atoms with Gasteiger partial charge in [-0.3, -0.25) is 24.3 Å². The van der Waals surface area contributed by atoms with Crippen molar-refractivity contribution in [3.63, 3.8) is 0 Å². The summed E-state index contributed by atoms with van der Waals surface area (Å²) in [5, 5.41) is 10.6. The number of primary amides is 1. The number of thioether (sulfide) groups is 2. The molecule has 15 heteroatoms. The van der Waals surface area contributed by atoms with E-state index >= 15 is 0 Å². The summed E-state index contributed by atoms with van der Waals surface area (Å²) in [7, 11) is 2.81. The van der Waals surface area contributed by atoms with Gasteiger partial charge in [0.05, 0.1) is 30.7 Å². The fraction of sp³-hybridized carbons (Fsp3) is 0.321. The summed E-state index contributed by atoms with van der Waals surface area (Å²) < 4.78 is 10.5. The van der Waals surface area contributed by atoms with Gasteiger partial charge >= 0.3 is 0 Å². The van der Waals surface area contributed by atoms with Crippen molar-refractivity contribution < 1.29 is 29.0 Å². The van der Waals surface area contributed by atoms with Gasteiger partial charge in [0, 0.05) is 12.3 Å². The molecule has 2 aliphatic rings. The number of carbonyl (C=O) groups is 3. The maximum atomic E-state index is 14.1. The molecule has 3 amide bonds. The fourth-order valence-electron chi connectivity index (χ4n) is 4.54. The van der Waals surface area contributed by atoms with Crippen molar-refractivity contribution in [2.24, 2.45) is 27.2 Å². The number of carbonyl (C=O) groups excluding carboxylic acids is 3. The van der Waals surface area contributed by atoms with Crippen LogP contribution < -0.4 is 26.7 Å². The number of amidine groups is 1. The molecule has 4 rings (SSSR count). The van der Waals surface area contributed by atoms with Gasteiger partial charge in [-0.05, 0) is 60.5 Å². The second kappa shape index (κ2) is 14.2. The Kier molecular flexibility index (Phi) is 10.4. The van der Waals surface area contributed by atoms with Gasteiger partial charge in [-0.15, -0.1) is 11.8 Å². The minimum absolute atomic E-state index is 0.0864. The highest BCUT2D eigenvalue weighted by atomic mass is 32.2. The van der Waals surface area contributed by atoms with Crippen LogP contribution in [0.5, 0.6) is 17.2 Å². The summed E-state index contributed by atoms with van der Waals surface area (Å²) in [5.74, 6) is -0.828. The van der Waals surface area contributed by atoms with Gasteiger partial charge in [-0.1, -0.05) is 18.2 Å². The molecule has 13 nitrogen and oxygen atoms in total. The minimum atomic E-state index is -1.02. The molecule has 2 fully saturated rings. The molecule has 0 spiro atoms. The summed E-state index contributed by atoms with van der Waals surface area (Å²) in [6.07, 6.45) is 2.17. The highest BCUT2D eigenvalue weighted by molar-refractivity contribution is 8.18. The van der Waals surface area contributed by atoms with Gasteiger partial charge in [-0.25, -0.2) is 4.99 Å². The molecular weight excluding hydrogens is 594 g/mol. The van der Waals surface area contributed by atoms with E-state index in [1.165, 1.54) is 35.8 Å². The van der Waals surface area contributed by atoms with Gasteiger partial charge < -0.3 is 36.7 Å². The largest absolute Gasteiger partial charge is 0.502 e. The molecule has 0 aromatic heterocycles. The van der Waals surface area contributed by atoms with Gasteiger partial charge in [0.2, 0.25) is 17.6 Å². The maximum Gasteiger partial charge on any atom is 0.267 e. The Morgan fingerprint density at radius 1 is 1.14 bits per heavy atom. The molecule has 0 bridgehead atoms. The van der Waals surface area contributed by atoms with Crippen molar-refractivity contribution in [1.29, 1.82) is 0 Å². The number of phenols is 1. The predicted octanol–water partition coefficient (Wildman–Crippen LogP) is 1.82. The van der Waals surface area contributed by atoms with E-state index in [1.807, 2.05) is 18.2 Å². The quantitative estimate of drug-likeness (QED) is 0.123. The standard InChI is InChI=1S/C28H33N7O6S2/c1-40-20-11-16(12-21(41-2)23(20)36)13-22-26(39)35(28(43-22)33-17-7-4-3-5-8-17)18(9-6-10-32-27(30)31)25(38)34-15-42-14-19(34)24(29)37/h3-5,7-8,11-13,18-19,36H,6,9-10,14-15H2,1-2H3,(H2,29,37)(H4,30,31,32)/b22-13-,33-28?/t18?,19-/m0/s1. The zero-order valence-electron chi connectivity index (χ0n) is 23.6. The number of aromatic hydroxyl groups is 1. The van der Waals surface area contributed by atoms with Crippen LogP contribution in [0.1, 0.15) is 18.4 Å². The molecular formula is C28H33N7O6S2. The van der Waals surface area contributed by atoms with Crippen LogP contribution in [0.25, 0.3) is 6.08 Å². The minimum Gasteiger partial charge on any atom is -0.502 e. The molecule has 1 unspecified atom stereocenters. The summed E-state index contributed by atoms with van der Waals surface area (Å²) in [4.78, 5) is 52.1. The first kappa shape index (κ1) is 31.6. The van der Waals surface area contributed by atoms with E-state index < -0.39 is 29.8 Å². The van der Waals surface area contributed by atoms with Gasteiger partial charge in [0.25, 0.3) is 5.91 Å². The molecule has 43 heavy (non-hydrogen) atoms. The molecule has 2 aliphatic heterocycles. The Bertz CT molecular complexity index is 1440. The number of phenolic OH excluding ortho intramolecular Hbond substituents is 1. The van der Waals surface area contributed by atoms with E-state index in [2.05, 4.69) is 4.99 Å². The molecule has 2 saturated heterocycles. The molecule has 2 aromatic carbocycles. The van der Waals surface area contributed by atoms with Gasteiger partial charge in [-0.2, -0.15) is 0 Å². The van der Waals surface area contributed by atoms with Crippen LogP contribution in [-0.2, 0) is 14.4 Å². The average molecular weight is 628 g/mol. The number of benzene rings is 2. The molecule has 2 aromatic rings. The number of ether oxygens (including phenoxy) is 2. The summed E-state index contributed by atoms with van der Waals surface area (Å²) in [6.45, 7) is 0.232. The number of para-hydroxylation sites is 1. The Morgan fingerprint density at radius 3 is 2.42 bits per heavy atom. The third-order valence-corrected chi connectivity index (χ3v) is 8.63. The van der Waals surface area contributed by atoms with Crippen molar-refractivity contribution in [3.8, 4) is 17.2 Å². The van der Waals surface area contributed by atoms with E-state index in [4.69, 9.17) is 31.7 Å². The first-order valence-electron chi connectivity index (χ1n) is 13.2. The molecule has 0 aliphatic carbocycles. The van der Waals surface area contributed by atoms with Crippen LogP contribution in [0.2, 0.25) is 0 Å². The van der Waals surface area contributed by atoms with Crippen LogP contribution in [0.15, 0.2) is 57.4 Å². The highest BCUT2D eigenvalue weighted by Gasteiger charge is 2.45. The van der Waals surface area contributed by atoms with E-state index in [-0.39, 0.29) is 52.1 Å². The lowest BCUT2D eigenvalue weighted by Gasteiger charge is -2.31. The van der Waals surface area contributed by atoms with Crippen molar-refractivity contribution in [3.05, 3.63) is 52.9 Å². The Hall–Kier alpha value is -4.37. The maximum absolute atomic E-state index is 14.1. The van der Waals surface area contributed by atoms with Crippen molar-refractivity contribution >= 4 is 64.1 Å². The zero-order chi connectivity index (χ0) is 31.1. The predicted molar refractivity (Wildman–Crippen MR) is 168 cm³/mol. The van der Waals surface area contributed by atoms with Crippen LogP contribution in [0.4, 0.5) is 5.69 Å². The van der Waals surface area contributed by atoms with E-state index in [0.717, 1.165) is 11.8 Å². The number of rotatable bonds is 11. The van der Waals surface area contributed by atoms with E-state index in [1.54, 1.807) is 30.3 Å². The molecule has 228 valence electrons. The Morgan fingerprint density at radius 2 is 1.81 bits per heavy atom. The summed E-state index contributed by atoms with van der Waals surface area (Å²) >= 11 is 2.50. The normalized spacial score (nSPS) is 19.1. The monoisotopic (exact) mass is 627 g/mol.